The van der Waals surface area contributed by atoms with Crippen molar-refractivity contribution in [2.75, 3.05) is 0 Å². The molecule has 0 aliphatic heterocycles. The highest BCUT2D eigenvalue weighted by Gasteiger charge is 1.92. The molecule has 0 unspecified atom stereocenters. The van der Waals surface area contributed by atoms with Crippen LogP contribution < -0.4 is 17.2 Å². The number of nitrogens with zero attached hydrogens (tertiary/aromatic N) is 2. The molecule has 0 radical (unpaired) electrons. The predicted octanol–water partition coefficient (Wildman–Crippen LogP) is 1.40. The number of hydrogen-bond donors (Lipinski definition) is 3. The van der Waals surface area contributed by atoms with Crippen LogP contribution in [0.4, 0.5) is 5.69 Å². The summed E-state index contributed by atoms with van der Waals surface area (Å²) in [6.07, 6.45) is 0. The Morgan fingerprint density at radius 3 is 1.94 bits per heavy atom. The minimum Gasteiger partial charge on any atom is -0.370 e. The van der Waals surface area contributed by atoms with Crippen molar-refractivity contribution in [3.05, 3.63) is 29.3 Å². The lowest BCUT2D eigenvalue weighted by Gasteiger charge is -1.95. The van der Waals surface area contributed by atoms with E-state index in [9.17, 15) is 0 Å². The fraction of sp³-hybridized carbons (Fsp3) is 0. The average Bonchev–Trinajstić information content (AvgIpc) is 2.07. The van der Waals surface area contributed by atoms with Crippen molar-refractivity contribution in [3.63, 3.8) is 0 Å². The molecule has 0 atom stereocenters. The van der Waals surface area contributed by atoms with E-state index >= 15 is 0 Å². The van der Waals surface area contributed by atoms with E-state index in [0.717, 1.165) is 0 Å². The van der Waals surface area contributed by atoms with E-state index in [1.165, 1.54) is 0 Å². The maximum atomic E-state index is 5.69. The van der Waals surface area contributed by atoms with E-state index in [0.29, 0.717) is 10.7 Å². The van der Waals surface area contributed by atoms with Crippen LogP contribution in [0.2, 0.25) is 5.02 Å². The zero-order valence-corrected chi connectivity index (χ0v) is 10.5. The molecule has 1 aromatic carbocycles. The summed E-state index contributed by atoms with van der Waals surface area (Å²) >= 11 is 5.69. The van der Waals surface area contributed by atoms with Gasteiger partial charge in [0.25, 0.3) is 0 Å². The second kappa shape index (κ2) is 8.04. The maximum absolute atomic E-state index is 5.69. The van der Waals surface area contributed by atoms with Gasteiger partial charge in [0.1, 0.15) is 0 Å². The van der Waals surface area contributed by atoms with Gasteiger partial charge in [-0.2, -0.15) is 4.99 Å². The third kappa shape index (κ3) is 6.34. The molecule has 5 nitrogen and oxygen atoms in total. The van der Waals surface area contributed by atoms with Gasteiger partial charge in [0.05, 0.1) is 5.69 Å². The minimum absolute atomic E-state index is 0. The first-order valence-electron chi connectivity index (χ1n) is 3.77. The van der Waals surface area contributed by atoms with Crippen molar-refractivity contribution >= 4 is 54.0 Å². The van der Waals surface area contributed by atoms with Gasteiger partial charge in [-0.1, -0.05) is 11.6 Å². The molecule has 8 heteroatoms. The lowest BCUT2D eigenvalue weighted by molar-refractivity contribution is 1.38. The Labute approximate surface area is 111 Å². The fourth-order valence-electron chi connectivity index (χ4n) is 0.805. The van der Waals surface area contributed by atoms with Crippen LogP contribution >= 0.6 is 36.4 Å². The first-order chi connectivity index (χ1) is 6.58. The van der Waals surface area contributed by atoms with Crippen LogP contribution in [0.15, 0.2) is 34.3 Å². The van der Waals surface area contributed by atoms with E-state index < -0.39 is 0 Å². The van der Waals surface area contributed by atoms with Crippen molar-refractivity contribution in [1.82, 2.24) is 0 Å². The van der Waals surface area contributed by atoms with E-state index in [-0.39, 0.29) is 36.7 Å². The summed E-state index contributed by atoms with van der Waals surface area (Å²) in [5.41, 5.74) is 16.3. The van der Waals surface area contributed by atoms with Gasteiger partial charge >= 0.3 is 0 Å². The molecule has 16 heavy (non-hydrogen) atoms. The van der Waals surface area contributed by atoms with E-state index in [4.69, 9.17) is 28.8 Å². The molecular formula is C8H12Cl3N5. The summed E-state index contributed by atoms with van der Waals surface area (Å²) < 4.78 is 0. The predicted molar refractivity (Wildman–Crippen MR) is 73.0 cm³/mol. The van der Waals surface area contributed by atoms with Crippen LogP contribution in [-0.4, -0.2) is 11.9 Å². The summed E-state index contributed by atoms with van der Waals surface area (Å²) in [5, 5.41) is 0.629. The van der Waals surface area contributed by atoms with Crippen LogP contribution in [0.5, 0.6) is 0 Å². The molecule has 1 aromatic rings. The van der Waals surface area contributed by atoms with Gasteiger partial charge in [0, 0.05) is 5.02 Å². The molecule has 0 fully saturated rings. The number of aliphatic imine (C=N–C) groups is 2. The van der Waals surface area contributed by atoms with Gasteiger partial charge in [-0.05, 0) is 24.3 Å². The summed E-state index contributed by atoms with van der Waals surface area (Å²) in [6, 6.07) is 6.81. The Kier molecular flexibility index (Phi) is 8.66. The number of halogens is 3. The monoisotopic (exact) mass is 283 g/mol. The summed E-state index contributed by atoms with van der Waals surface area (Å²) in [4.78, 5) is 7.49. The molecule has 0 aromatic heterocycles. The summed E-state index contributed by atoms with van der Waals surface area (Å²) in [6.45, 7) is 0. The van der Waals surface area contributed by atoms with Crippen molar-refractivity contribution in [3.8, 4) is 0 Å². The first-order valence-corrected chi connectivity index (χ1v) is 4.15. The van der Waals surface area contributed by atoms with Gasteiger partial charge in [-0.25, -0.2) is 4.99 Å². The zero-order chi connectivity index (χ0) is 10.6. The highest BCUT2D eigenvalue weighted by atomic mass is 35.5. The number of hydrogen-bond acceptors (Lipinski definition) is 1. The molecule has 90 valence electrons. The Hall–Kier alpha value is -1.17. The normalized spacial score (nSPS) is 9.69. The summed E-state index contributed by atoms with van der Waals surface area (Å²) in [5.74, 6) is -0.118. The van der Waals surface area contributed by atoms with Crippen molar-refractivity contribution in [2.45, 2.75) is 0 Å². The van der Waals surface area contributed by atoms with Gasteiger partial charge < -0.3 is 17.2 Å². The molecular weight excluding hydrogens is 272 g/mol. The molecule has 0 aliphatic rings. The third-order valence-electron chi connectivity index (χ3n) is 1.31. The van der Waals surface area contributed by atoms with Gasteiger partial charge in [-0.15, -0.1) is 24.8 Å². The largest absolute Gasteiger partial charge is 0.370 e. The van der Waals surface area contributed by atoms with Crippen LogP contribution in [-0.2, 0) is 0 Å². The Balaban J connectivity index is 0. The van der Waals surface area contributed by atoms with Crippen molar-refractivity contribution in [2.24, 2.45) is 27.2 Å². The Bertz CT molecular complexity index is 370. The molecule has 0 spiro atoms. The Morgan fingerprint density at radius 2 is 1.50 bits per heavy atom. The number of guanidine groups is 2. The first kappa shape index (κ1) is 17.2. The molecule has 0 bridgehead atoms. The molecule has 0 amide bonds. The van der Waals surface area contributed by atoms with Gasteiger partial charge in [0.15, 0.2) is 5.96 Å². The van der Waals surface area contributed by atoms with Crippen molar-refractivity contribution < 1.29 is 0 Å². The lowest BCUT2D eigenvalue weighted by Crippen LogP contribution is -2.26. The van der Waals surface area contributed by atoms with E-state index in [1.807, 2.05) is 0 Å². The molecule has 0 saturated heterocycles. The molecule has 0 heterocycles. The number of benzene rings is 1. The molecule has 6 N–H and O–H groups in total. The van der Waals surface area contributed by atoms with Crippen LogP contribution in [0.3, 0.4) is 0 Å². The molecule has 0 saturated carbocycles. The average molecular weight is 285 g/mol. The van der Waals surface area contributed by atoms with Crippen molar-refractivity contribution in [1.29, 1.82) is 0 Å². The van der Waals surface area contributed by atoms with E-state index in [1.54, 1.807) is 24.3 Å². The van der Waals surface area contributed by atoms with Crippen LogP contribution in [0.25, 0.3) is 0 Å². The number of nitrogens with two attached hydrogens (primary N) is 3. The fourth-order valence-corrected chi connectivity index (χ4v) is 0.931. The SMILES string of the molecule is Cl.Cl.NC(N)=NC(N)=Nc1ccc(Cl)cc1. The summed E-state index contributed by atoms with van der Waals surface area (Å²) in [7, 11) is 0. The van der Waals surface area contributed by atoms with Gasteiger partial charge in [-0.3, -0.25) is 0 Å². The number of rotatable bonds is 1. The zero-order valence-electron chi connectivity index (χ0n) is 8.13. The highest BCUT2D eigenvalue weighted by molar-refractivity contribution is 6.30. The Morgan fingerprint density at radius 1 is 1.00 bits per heavy atom. The minimum atomic E-state index is -0.125. The smallest absolute Gasteiger partial charge is 0.223 e. The molecule has 0 aliphatic carbocycles. The maximum Gasteiger partial charge on any atom is 0.223 e. The van der Waals surface area contributed by atoms with Crippen LogP contribution in [0, 0.1) is 0 Å². The standard InChI is InChI=1S/C8H10ClN5.2ClH/c9-5-1-3-6(4-2-5)13-8(12)14-7(10)11;;/h1-4H,(H6,10,11,12,13,14);2*1H. The van der Waals surface area contributed by atoms with E-state index in [2.05, 4.69) is 9.98 Å². The quantitative estimate of drug-likeness (QED) is 0.536. The third-order valence-corrected chi connectivity index (χ3v) is 1.57. The highest BCUT2D eigenvalue weighted by Crippen LogP contribution is 2.15. The molecule has 1 rings (SSSR count). The van der Waals surface area contributed by atoms with Crippen LogP contribution in [0.1, 0.15) is 0 Å². The second-order valence-electron chi connectivity index (χ2n) is 2.48. The topological polar surface area (TPSA) is 103 Å². The van der Waals surface area contributed by atoms with Gasteiger partial charge in [0.2, 0.25) is 5.96 Å². The second-order valence-corrected chi connectivity index (χ2v) is 2.92. The lowest BCUT2D eigenvalue weighted by atomic mass is 10.3.